The highest BCUT2D eigenvalue weighted by Crippen LogP contribution is 2.30. The van der Waals surface area contributed by atoms with Crippen molar-refractivity contribution in [2.45, 2.75) is 19.1 Å². The Balaban J connectivity index is 1.52. The molecule has 3 heterocycles. The number of nitrogens with zero attached hydrogens (tertiary/aromatic N) is 2. The fourth-order valence-electron chi connectivity index (χ4n) is 3.89. The third-order valence-corrected chi connectivity index (χ3v) is 7.01. The first kappa shape index (κ1) is 21.9. The number of thiophene rings is 1. The molecule has 1 aromatic carbocycles. The molecular formula is C21H22BrN3O5S. The first-order valence-electron chi connectivity index (χ1n) is 9.78. The Morgan fingerprint density at radius 3 is 2.71 bits per heavy atom. The summed E-state index contributed by atoms with van der Waals surface area (Å²) in [5, 5.41) is 2.92. The van der Waals surface area contributed by atoms with Crippen molar-refractivity contribution in [3.05, 3.63) is 44.6 Å². The van der Waals surface area contributed by atoms with Crippen LogP contribution in [0.15, 0.2) is 34.1 Å². The molecule has 2 atom stereocenters. The van der Waals surface area contributed by atoms with Crippen LogP contribution in [0.25, 0.3) is 0 Å². The number of methoxy groups -OCH3 is 1. The second-order valence-corrected chi connectivity index (χ2v) is 9.82. The molecule has 3 amide bonds. The highest BCUT2D eigenvalue weighted by Gasteiger charge is 2.42. The van der Waals surface area contributed by atoms with Crippen LogP contribution in [0.1, 0.15) is 15.2 Å². The molecule has 0 radical (unpaired) electrons. The SMILES string of the molecule is COC1C(=O)N(c2ccc(N3CCOCC3=O)c(C)c2)CC1NC(=O)c1ccc(Br)s1. The zero-order chi connectivity index (χ0) is 22.1. The maximum atomic E-state index is 13.0. The van der Waals surface area contributed by atoms with E-state index in [1.54, 1.807) is 15.9 Å². The maximum Gasteiger partial charge on any atom is 0.261 e. The number of aryl methyl sites for hydroxylation is 1. The number of anilines is 2. The molecule has 1 aromatic heterocycles. The Hall–Kier alpha value is -2.27. The number of carbonyl (C=O) groups excluding carboxylic acids is 3. The molecule has 4 rings (SSSR count). The number of hydrogen-bond acceptors (Lipinski definition) is 6. The number of hydrogen-bond donors (Lipinski definition) is 1. The average Bonchev–Trinajstić information content (AvgIpc) is 3.31. The van der Waals surface area contributed by atoms with E-state index >= 15 is 0 Å². The van der Waals surface area contributed by atoms with Crippen molar-refractivity contribution >= 4 is 56.4 Å². The molecule has 2 unspecified atom stereocenters. The van der Waals surface area contributed by atoms with E-state index in [4.69, 9.17) is 9.47 Å². The number of ether oxygens (including phenoxy) is 2. The molecule has 0 aliphatic carbocycles. The van der Waals surface area contributed by atoms with Crippen LogP contribution in [0.5, 0.6) is 0 Å². The van der Waals surface area contributed by atoms with Gasteiger partial charge in [-0.05, 0) is 58.7 Å². The lowest BCUT2D eigenvalue weighted by Gasteiger charge is -2.29. The zero-order valence-corrected chi connectivity index (χ0v) is 19.5. The molecule has 31 heavy (non-hydrogen) atoms. The van der Waals surface area contributed by atoms with E-state index in [-0.39, 0.29) is 24.3 Å². The van der Waals surface area contributed by atoms with Crippen LogP contribution in [0.2, 0.25) is 0 Å². The normalized spacial score (nSPS) is 21.6. The van der Waals surface area contributed by atoms with Gasteiger partial charge in [-0.25, -0.2) is 0 Å². The number of carbonyl (C=O) groups is 3. The largest absolute Gasteiger partial charge is 0.370 e. The van der Waals surface area contributed by atoms with Crippen LogP contribution in [-0.4, -0.2) is 63.3 Å². The van der Waals surface area contributed by atoms with Crippen LogP contribution in [-0.2, 0) is 19.1 Å². The Morgan fingerprint density at radius 2 is 2.06 bits per heavy atom. The van der Waals surface area contributed by atoms with Gasteiger partial charge in [-0.15, -0.1) is 11.3 Å². The molecule has 2 fully saturated rings. The third-order valence-electron chi connectivity index (χ3n) is 5.39. The number of rotatable bonds is 5. The summed E-state index contributed by atoms with van der Waals surface area (Å²) in [6.45, 7) is 3.27. The van der Waals surface area contributed by atoms with Crippen LogP contribution >= 0.6 is 27.3 Å². The summed E-state index contributed by atoms with van der Waals surface area (Å²) in [6, 6.07) is 8.60. The first-order chi connectivity index (χ1) is 14.9. The van der Waals surface area contributed by atoms with Crippen molar-refractivity contribution in [3.8, 4) is 0 Å². The van der Waals surface area contributed by atoms with Crippen molar-refractivity contribution in [2.75, 3.05) is 43.2 Å². The molecule has 2 aliphatic rings. The summed E-state index contributed by atoms with van der Waals surface area (Å²) in [5.74, 6) is -0.536. The van der Waals surface area contributed by atoms with Gasteiger partial charge in [0.25, 0.3) is 17.7 Å². The van der Waals surface area contributed by atoms with Crippen molar-refractivity contribution in [2.24, 2.45) is 0 Å². The van der Waals surface area contributed by atoms with Crippen LogP contribution < -0.4 is 15.1 Å². The number of halogens is 1. The van der Waals surface area contributed by atoms with Crippen molar-refractivity contribution in [3.63, 3.8) is 0 Å². The highest BCUT2D eigenvalue weighted by molar-refractivity contribution is 9.11. The minimum Gasteiger partial charge on any atom is -0.370 e. The van der Waals surface area contributed by atoms with E-state index in [1.807, 2.05) is 31.2 Å². The number of nitrogens with one attached hydrogen (secondary N) is 1. The van der Waals surface area contributed by atoms with Gasteiger partial charge in [-0.2, -0.15) is 0 Å². The summed E-state index contributed by atoms with van der Waals surface area (Å²) in [7, 11) is 1.46. The lowest BCUT2D eigenvalue weighted by Crippen LogP contribution is -2.44. The first-order valence-corrected chi connectivity index (χ1v) is 11.4. The summed E-state index contributed by atoms with van der Waals surface area (Å²) >= 11 is 4.68. The second kappa shape index (κ2) is 9.07. The summed E-state index contributed by atoms with van der Waals surface area (Å²) in [5.41, 5.74) is 2.38. The Bertz CT molecular complexity index is 1030. The molecule has 0 spiro atoms. The van der Waals surface area contributed by atoms with Gasteiger partial charge in [0.1, 0.15) is 6.61 Å². The van der Waals surface area contributed by atoms with Crippen LogP contribution in [0.4, 0.5) is 11.4 Å². The molecule has 164 valence electrons. The van der Waals surface area contributed by atoms with Gasteiger partial charge in [0.05, 0.1) is 21.3 Å². The third kappa shape index (κ3) is 4.38. The zero-order valence-electron chi connectivity index (χ0n) is 17.1. The Kier molecular flexibility index (Phi) is 6.42. The number of amides is 3. The minimum absolute atomic E-state index is 0.0729. The van der Waals surface area contributed by atoms with Gasteiger partial charge in [0, 0.05) is 31.6 Å². The van der Waals surface area contributed by atoms with E-state index in [1.165, 1.54) is 18.4 Å². The summed E-state index contributed by atoms with van der Waals surface area (Å²) in [6.07, 6.45) is -0.770. The van der Waals surface area contributed by atoms with E-state index in [0.717, 1.165) is 15.0 Å². The van der Waals surface area contributed by atoms with Gasteiger partial charge < -0.3 is 24.6 Å². The molecule has 0 bridgehead atoms. The van der Waals surface area contributed by atoms with E-state index in [2.05, 4.69) is 21.2 Å². The van der Waals surface area contributed by atoms with Gasteiger partial charge in [0.15, 0.2) is 6.10 Å². The molecule has 2 aliphatic heterocycles. The minimum atomic E-state index is -0.770. The molecule has 1 N–H and O–H groups in total. The molecular weight excluding hydrogens is 486 g/mol. The maximum absolute atomic E-state index is 13.0. The second-order valence-electron chi connectivity index (χ2n) is 7.36. The molecule has 10 heteroatoms. The smallest absolute Gasteiger partial charge is 0.261 e. The lowest BCUT2D eigenvalue weighted by atomic mass is 10.1. The molecule has 2 aromatic rings. The van der Waals surface area contributed by atoms with Crippen LogP contribution in [0, 0.1) is 6.92 Å². The predicted molar refractivity (Wildman–Crippen MR) is 121 cm³/mol. The molecule has 2 saturated heterocycles. The standard InChI is InChI=1S/C21H22BrN3O5S/c1-12-9-13(3-4-15(12)24-7-8-30-11-18(24)26)25-10-14(19(29-2)21(25)28)23-20(27)16-5-6-17(22)31-16/h3-6,9,14,19H,7-8,10-11H2,1-2H3,(H,23,27). The van der Waals surface area contributed by atoms with Crippen molar-refractivity contribution in [1.82, 2.24) is 5.32 Å². The van der Waals surface area contributed by atoms with Crippen molar-refractivity contribution in [1.29, 1.82) is 0 Å². The summed E-state index contributed by atoms with van der Waals surface area (Å²) < 4.78 is 11.5. The van der Waals surface area contributed by atoms with E-state index in [9.17, 15) is 14.4 Å². The van der Waals surface area contributed by atoms with Crippen molar-refractivity contribution < 1.29 is 23.9 Å². The molecule has 0 saturated carbocycles. The predicted octanol–water partition coefficient (Wildman–Crippen LogP) is 2.34. The average molecular weight is 508 g/mol. The fraction of sp³-hybridized carbons (Fsp3) is 0.381. The Morgan fingerprint density at radius 1 is 1.26 bits per heavy atom. The monoisotopic (exact) mass is 507 g/mol. The fourth-order valence-corrected chi connectivity index (χ4v) is 5.18. The topological polar surface area (TPSA) is 88.2 Å². The highest BCUT2D eigenvalue weighted by atomic mass is 79.9. The molecule has 8 nitrogen and oxygen atoms in total. The van der Waals surface area contributed by atoms with Crippen LogP contribution in [0.3, 0.4) is 0 Å². The van der Waals surface area contributed by atoms with E-state index in [0.29, 0.717) is 30.3 Å². The van der Waals surface area contributed by atoms with Gasteiger partial charge in [-0.3, -0.25) is 14.4 Å². The van der Waals surface area contributed by atoms with Gasteiger partial charge >= 0.3 is 0 Å². The lowest BCUT2D eigenvalue weighted by molar-refractivity contribution is -0.126. The van der Waals surface area contributed by atoms with Gasteiger partial charge in [0.2, 0.25) is 0 Å². The van der Waals surface area contributed by atoms with Gasteiger partial charge in [-0.1, -0.05) is 0 Å². The van der Waals surface area contributed by atoms with E-state index < -0.39 is 12.1 Å². The number of benzene rings is 1. The Labute approximate surface area is 192 Å². The number of morpholine rings is 1. The quantitative estimate of drug-likeness (QED) is 0.670. The summed E-state index contributed by atoms with van der Waals surface area (Å²) in [4.78, 5) is 41.6.